The molecule has 0 radical (unpaired) electrons. The highest BCUT2D eigenvalue weighted by atomic mass is 79.9. The first-order valence-corrected chi connectivity index (χ1v) is 8.63. The molecule has 0 aliphatic heterocycles. The third-order valence-corrected chi connectivity index (χ3v) is 3.69. The van der Waals surface area contributed by atoms with E-state index in [0.29, 0.717) is 30.4 Å². The Morgan fingerprint density at radius 1 is 1.04 bits per heavy atom. The normalized spacial score (nSPS) is 10.5. The summed E-state index contributed by atoms with van der Waals surface area (Å²) in [6.07, 6.45) is 0. The van der Waals surface area contributed by atoms with Crippen molar-refractivity contribution >= 4 is 21.9 Å². The molecule has 2 aromatic rings. The molecule has 0 heterocycles. The van der Waals surface area contributed by atoms with E-state index in [1.165, 1.54) is 0 Å². The first-order chi connectivity index (χ1) is 11.6. The molecule has 2 aromatic carbocycles. The number of benzene rings is 2. The van der Waals surface area contributed by atoms with Crippen LogP contribution in [0, 0.1) is 5.92 Å². The molecule has 0 saturated carbocycles. The van der Waals surface area contributed by atoms with Gasteiger partial charge in [0.05, 0.1) is 16.6 Å². The van der Waals surface area contributed by atoms with Crippen LogP contribution >= 0.6 is 15.9 Å². The molecule has 0 saturated heterocycles. The van der Waals surface area contributed by atoms with Crippen LogP contribution in [-0.4, -0.2) is 25.8 Å². The monoisotopic (exact) mass is 392 g/mol. The Morgan fingerprint density at radius 3 is 2.46 bits per heavy atom. The molecule has 4 nitrogen and oxygen atoms in total. The largest absolute Gasteiger partial charge is 0.492 e. The second-order valence-electron chi connectivity index (χ2n) is 5.65. The van der Waals surface area contributed by atoms with E-state index in [0.717, 1.165) is 10.2 Å². The average molecular weight is 393 g/mol. The Kier molecular flexibility index (Phi) is 7.12. The molecule has 2 rings (SSSR count). The predicted molar refractivity (Wildman–Crippen MR) is 96.7 cm³/mol. The van der Waals surface area contributed by atoms with Gasteiger partial charge in [-0.2, -0.15) is 0 Å². The summed E-state index contributed by atoms with van der Waals surface area (Å²) in [4.78, 5) is 12.0. The zero-order chi connectivity index (χ0) is 17.4. The summed E-state index contributed by atoms with van der Waals surface area (Å²) in [5.74, 6) is 1.52. The highest BCUT2D eigenvalue weighted by molar-refractivity contribution is 9.10. The van der Waals surface area contributed by atoms with Gasteiger partial charge in [-0.1, -0.05) is 32.0 Å². The lowest BCUT2D eigenvalue weighted by molar-refractivity contribution is 0.0450. The van der Waals surface area contributed by atoms with Gasteiger partial charge in [-0.15, -0.1) is 0 Å². The molecular formula is C19H21BrO4. The minimum absolute atomic E-state index is 0.191. The van der Waals surface area contributed by atoms with E-state index in [2.05, 4.69) is 29.8 Å². The Morgan fingerprint density at radius 2 is 1.79 bits per heavy atom. The Balaban J connectivity index is 1.80. The van der Waals surface area contributed by atoms with Crippen LogP contribution in [0.2, 0.25) is 0 Å². The fourth-order valence-corrected chi connectivity index (χ4v) is 2.39. The lowest BCUT2D eigenvalue weighted by Crippen LogP contribution is -2.12. The van der Waals surface area contributed by atoms with E-state index in [9.17, 15) is 4.79 Å². The average Bonchev–Trinajstić information content (AvgIpc) is 2.58. The molecule has 128 valence electrons. The zero-order valence-electron chi connectivity index (χ0n) is 13.8. The molecule has 5 heteroatoms. The van der Waals surface area contributed by atoms with Gasteiger partial charge in [0.15, 0.2) is 0 Å². The van der Waals surface area contributed by atoms with Crippen LogP contribution in [0.5, 0.6) is 11.5 Å². The highest BCUT2D eigenvalue weighted by Gasteiger charge is 2.11. The molecular weight excluding hydrogens is 372 g/mol. The minimum atomic E-state index is -0.386. The van der Waals surface area contributed by atoms with E-state index < -0.39 is 0 Å². The number of halogens is 1. The highest BCUT2D eigenvalue weighted by Crippen LogP contribution is 2.26. The number of carbonyl (C=O) groups excluding carboxylic acids is 1. The fourth-order valence-electron chi connectivity index (χ4n) is 1.90. The van der Waals surface area contributed by atoms with Crippen LogP contribution in [0.3, 0.4) is 0 Å². The van der Waals surface area contributed by atoms with Crippen molar-refractivity contribution in [2.24, 2.45) is 5.92 Å². The molecule has 0 spiro atoms. The molecule has 24 heavy (non-hydrogen) atoms. The van der Waals surface area contributed by atoms with Crippen molar-refractivity contribution in [3.63, 3.8) is 0 Å². The van der Waals surface area contributed by atoms with Gasteiger partial charge in [0.2, 0.25) is 0 Å². The van der Waals surface area contributed by atoms with Gasteiger partial charge in [0.25, 0.3) is 0 Å². The molecule has 0 N–H and O–H groups in total. The Labute approximate surface area is 150 Å². The summed E-state index contributed by atoms with van der Waals surface area (Å²) in [6.45, 7) is 5.29. The van der Waals surface area contributed by atoms with E-state index in [1.807, 2.05) is 30.3 Å². The number of carbonyl (C=O) groups is 1. The number of ether oxygens (including phenoxy) is 3. The molecule has 0 unspecified atom stereocenters. The topological polar surface area (TPSA) is 44.8 Å². The SMILES string of the molecule is CC(C)COc1ccc(C(=O)OCCOc2ccccc2)cc1Br. The molecule has 0 aliphatic carbocycles. The van der Waals surface area contributed by atoms with Crippen molar-refractivity contribution in [1.29, 1.82) is 0 Å². The maximum absolute atomic E-state index is 12.0. The van der Waals surface area contributed by atoms with Gasteiger partial charge >= 0.3 is 5.97 Å². The van der Waals surface area contributed by atoms with Crippen LogP contribution in [-0.2, 0) is 4.74 Å². The molecule has 0 aromatic heterocycles. The van der Waals surface area contributed by atoms with Gasteiger partial charge in [0.1, 0.15) is 24.7 Å². The summed E-state index contributed by atoms with van der Waals surface area (Å²) in [5.41, 5.74) is 0.471. The maximum atomic E-state index is 12.0. The number of hydrogen-bond donors (Lipinski definition) is 0. The third kappa shape index (κ3) is 5.89. The van der Waals surface area contributed by atoms with Crippen LogP contribution < -0.4 is 9.47 Å². The number of rotatable bonds is 8. The Hall–Kier alpha value is -2.01. The zero-order valence-corrected chi connectivity index (χ0v) is 15.4. The molecule has 0 amide bonds. The van der Waals surface area contributed by atoms with Crippen molar-refractivity contribution < 1.29 is 19.0 Å². The predicted octanol–water partition coefficient (Wildman–Crippen LogP) is 4.72. The van der Waals surface area contributed by atoms with Crippen LogP contribution in [0.1, 0.15) is 24.2 Å². The van der Waals surface area contributed by atoms with Crippen LogP contribution in [0.15, 0.2) is 53.0 Å². The van der Waals surface area contributed by atoms with E-state index >= 15 is 0 Å². The summed E-state index contributed by atoms with van der Waals surface area (Å²) < 4.78 is 17.1. The van der Waals surface area contributed by atoms with Gasteiger partial charge < -0.3 is 14.2 Å². The number of esters is 1. The molecule has 0 bridgehead atoms. The first-order valence-electron chi connectivity index (χ1n) is 7.83. The summed E-state index contributed by atoms with van der Waals surface area (Å²) >= 11 is 3.42. The van der Waals surface area contributed by atoms with E-state index in [4.69, 9.17) is 14.2 Å². The summed E-state index contributed by atoms with van der Waals surface area (Å²) in [6, 6.07) is 14.6. The second-order valence-corrected chi connectivity index (χ2v) is 6.50. The molecule has 0 atom stereocenters. The van der Waals surface area contributed by atoms with Gasteiger partial charge in [-0.25, -0.2) is 4.79 Å². The van der Waals surface area contributed by atoms with Crippen molar-refractivity contribution in [3.05, 3.63) is 58.6 Å². The van der Waals surface area contributed by atoms with Crippen molar-refractivity contribution in [2.45, 2.75) is 13.8 Å². The first kappa shape index (κ1) is 18.3. The number of para-hydroxylation sites is 1. The second kappa shape index (κ2) is 9.33. The van der Waals surface area contributed by atoms with Gasteiger partial charge in [-0.3, -0.25) is 0 Å². The van der Waals surface area contributed by atoms with Crippen molar-refractivity contribution in [2.75, 3.05) is 19.8 Å². The third-order valence-electron chi connectivity index (χ3n) is 3.07. The smallest absolute Gasteiger partial charge is 0.338 e. The lowest BCUT2D eigenvalue weighted by atomic mass is 10.2. The minimum Gasteiger partial charge on any atom is -0.492 e. The lowest BCUT2D eigenvalue weighted by Gasteiger charge is -2.11. The quantitative estimate of drug-likeness (QED) is 0.481. The van der Waals surface area contributed by atoms with E-state index in [1.54, 1.807) is 18.2 Å². The maximum Gasteiger partial charge on any atom is 0.338 e. The Bertz CT molecular complexity index is 656. The van der Waals surface area contributed by atoms with Crippen LogP contribution in [0.4, 0.5) is 0 Å². The van der Waals surface area contributed by atoms with Gasteiger partial charge in [0, 0.05) is 0 Å². The van der Waals surface area contributed by atoms with Crippen LogP contribution in [0.25, 0.3) is 0 Å². The molecule has 0 fully saturated rings. The summed E-state index contributed by atoms with van der Waals surface area (Å²) in [5, 5.41) is 0. The standard InChI is InChI=1S/C19H21BrO4/c1-14(2)13-24-18-9-8-15(12-17(18)20)19(21)23-11-10-22-16-6-4-3-5-7-16/h3-9,12,14H,10-11,13H2,1-2H3. The van der Waals surface area contributed by atoms with Crippen molar-refractivity contribution in [3.8, 4) is 11.5 Å². The van der Waals surface area contributed by atoms with Gasteiger partial charge in [-0.05, 0) is 52.2 Å². The molecule has 0 aliphatic rings. The number of hydrogen-bond acceptors (Lipinski definition) is 4. The fraction of sp³-hybridized carbons (Fsp3) is 0.316. The summed E-state index contributed by atoms with van der Waals surface area (Å²) in [7, 11) is 0. The van der Waals surface area contributed by atoms with E-state index in [-0.39, 0.29) is 12.6 Å². The van der Waals surface area contributed by atoms with Crippen molar-refractivity contribution in [1.82, 2.24) is 0 Å².